The Hall–Kier alpha value is -2.02. The lowest BCUT2D eigenvalue weighted by atomic mass is 9.79. The highest BCUT2D eigenvalue weighted by Gasteiger charge is 2.39. The summed E-state index contributed by atoms with van der Waals surface area (Å²) in [5.74, 6) is -5.61. The van der Waals surface area contributed by atoms with Crippen LogP contribution in [-0.4, -0.2) is 27.7 Å². The minimum atomic E-state index is -1.80. The normalized spacial score (nSPS) is 15.3. The molecular weight excluding hydrogens is 284 g/mol. The molecule has 0 aliphatic rings. The minimum Gasteiger partial charge on any atom is -0.481 e. The van der Waals surface area contributed by atoms with Gasteiger partial charge in [0.1, 0.15) is 5.54 Å². The molecular formula is C14H17F2NO4. The van der Waals surface area contributed by atoms with Crippen molar-refractivity contribution in [1.29, 1.82) is 0 Å². The van der Waals surface area contributed by atoms with Crippen molar-refractivity contribution in [2.45, 2.75) is 32.2 Å². The van der Waals surface area contributed by atoms with Gasteiger partial charge in [-0.3, -0.25) is 9.59 Å². The largest absolute Gasteiger partial charge is 0.481 e. The number of aliphatic carboxylic acids is 2. The number of carbonyl (C=O) groups is 2. The Morgan fingerprint density at radius 2 is 1.81 bits per heavy atom. The first-order valence-electron chi connectivity index (χ1n) is 6.24. The van der Waals surface area contributed by atoms with Crippen LogP contribution in [0, 0.1) is 24.5 Å². The molecule has 2 unspecified atom stereocenters. The number of hydrogen-bond donors (Lipinski definition) is 3. The summed E-state index contributed by atoms with van der Waals surface area (Å²) in [7, 11) is 0. The van der Waals surface area contributed by atoms with Crippen molar-refractivity contribution in [2.75, 3.05) is 0 Å². The van der Waals surface area contributed by atoms with Crippen LogP contribution in [0.4, 0.5) is 8.78 Å². The van der Waals surface area contributed by atoms with Gasteiger partial charge in [-0.25, -0.2) is 8.78 Å². The Balaban J connectivity index is 3.16. The lowest BCUT2D eigenvalue weighted by Crippen LogP contribution is -2.52. The fourth-order valence-electron chi connectivity index (χ4n) is 2.05. The summed E-state index contributed by atoms with van der Waals surface area (Å²) < 4.78 is 26.4. The molecule has 4 N–H and O–H groups in total. The molecule has 1 rings (SSSR count). The summed E-state index contributed by atoms with van der Waals surface area (Å²) in [5.41, 5.74) is 4.63. The van der Waals surface area contributed by atoms with Gasteiger partial charge in [-0.15, -0.1) is 0 Å². The summed E-state index contributed by atoms with van der Waals surface area (Å²) >= 11 is 0. The van der Waals surface area contributed by atoms with Crippen LogP contribution in [0.1, 0.15) is 24.5 Å². The van der Waals surface area contributed by atoms with E-state index in [1.54, 1.807) is 0 Å². The molecule has 5 nitrogen and oxygen atoms in total. The van der Waals surface area contributed by atoms with E-state index in [0.717, 1.165) is 12.1 Å². The fraction of sp³-hybridized carbons (Fsp3) is 0.429. The molecule has 0 fully saturated rings. The zero-order chi connectivity index (χ0) is 16.4. The van der Waals surface area contributed by atoms with Crippen molar-refractivity contribution in [3.8, 4) is 0 Å². The molecule has 0 spiro atoms. The first-order valence-corrected chi connectivity index (χ1v) is 6.24. The number of benzene rings is 1. The van der Waals surface area contributed by atoms with E-state index in [1.807, 2.05) is 0 Å². The molecule has 0 radical (unpaired) electrons. The number of hydrogen-bond acceptors (Lipinski definition) is 3. The first kappa shape index (κ1) is 17.0. The number of aryl methyl sites for hydroxylation is 1. The van der Waals surface area contributed by atoms with Gasteiger partial charge in [0.15, 0.2) is 11.6 Å². The van der Waals surface area contributed by atoms with Crippen LogP contribution in [0.3, 0.4) is 0 Å². The molecule has 0 aromatic heterocycles. The van der Waals surface area contributed by atoms with Crippen molar-refractivity contribution in [1.82, 2.24) is 0 Å². The molecule has 0 bridgehead atoms. The van der Waals surface area contributed by atoms with Crippen molar-refractivity contribution in [2.24, 2.45) is 11.7 Å². The Labute approximate surface area is 120 Å². The second-order valence-electron chi connectivity index (χ2n) is 5.28. The standard InChI is InChI=1S/C14H17F2NO4/c1-7-3-10(15)11(16)5-8(7)4-9(6-12(18)19)14(2,17)13(20)21/h3,5,9H,4,6,17H2,1-2H3,(H,18,19)(H,20,21). The molecule has 1 aromatic rings. The number of nitrogens with two attached hydrogens (primary N) is 1. The van der Waals surface area contributed by atoms with Crippen LogP contribution in [0.2, 0.25) is 0 Å². The highest BCUT2D eigenvalue weighted by molar-refractivity contribution is 5.79. The summed E-state index contributed by atoms with van der Waals surface area (Å²) in [4.78, 5) is 22.1. The maximum absolute atomic E-state index is 13.3. The number of halogens is 2. The van der Waals surface area contributed by atoms with Crippen molar-refractivity contribution < 1.29 is 28.6 Å². The number of carboxylic acid groups (broad SMARTS) is 2. The van der Waals surface area contributed by atoms with E-state index in [1.165, 1.54) is 13.8 Å². The molecule has 116 valence electrons. The van der Waals surface area contributed by atoms with Gasteiger partial charge in [-0.1, -0.05) is 0 Å². The van der Waals surface area contributed by atoms with E-state index in [4.69, 9.17) is 15.9 Å². The van der Waals surface area contributed by atoms with E-state index in [0.29, 0.717) is 11.1 Å². The van der Waals surface area contributed by atoms with Gasteiger partial charge >= 0.3 is 11.9 Å². The van der Waals surface area contributed by atoms with Gasteiger partial charge in [-0.05, 0) is 43.5 Å². The monoisotopic (exact) mass is 301 g/mol. The lowest BCUT2D eigenvalue weighted by Gasteiger charge is -2.29. The van der Waals surface area contributed by atoms with Crippen LogP contribution in [0.15, 0.2) is 12.1 Å². The summed E-state index contributed by atoms with van der Waals surface area (Å²) in [6.45, 7) is 2.74. The highest BCUT2D eigenvalue weighted by Crippen LogP contribution is 2.26. The van der Waals surface area contributed by atoms with Crippen LogP contribution in [0.5, 0.6) is 0 Å². The Bertz CT molecular complexity index is 572. The SMILES string of the molecule is Cc1cc(F)c(F)cc1CC(CC(=O)O)C(C)(N)C(=O)O. The van der Waals surface area contributed by atoms with Crippen LogP contribution < -0.4 is 5.73 Å². The van der Waals surface area contributed by atoms with Gasteiger partial charge in [-0.2, -0.15) is 0 Å². The quantitative estimate of drug-likeness (QED) is 0.742. The fourth-order valence-corrected chi connectivity index (χ4v) is 2.05. The van der Waals surface area contributed by atoms with Crippen LogP contribution in [-0.2, 0) is 16.0 Å². The summed E-state index contributed by atoms with van der Waals surface area (Å²) in [6.07, 6.45) is -0.563. The Morgan fingerprint density at radius 1 is 1.29 bits per heavy atom. The lowest BCUT2D eigenvalue weighted by molar-refractivity contribution is -0.146. The molecule has 0 aliphatic carbocycles. The maximum Gasteiger partial charge on any atom is 0.323 e. The third kappa shape index (κ3) is 3.98. The van der Waals surface area contributed by atoms with E-state index in [9.17, 15) is 18.4 Å². The second-order valence-corrected chi connectivity index (χ2v) is 5.28. The smallest absolute Gasteiger partial charge is 0.323 e. The van der Waals surface area contributed by atoms with E-state index >= 15 is 0 Å². The topological polar surface area (TPSA) is 101 Å². The van der Waals surface area contributed by atoms with Gasteiger partial charge in [0.25, 0.3) is 0 Å². The maximum atomic E-state index is 13.3. The molecule has 1 aromatic carbocycles. The predicted octanol–water partition coefficient (Wildman–Crippen LogP) is 1.71. The zero-order valence-corrected chi connectivity index (χ0v) is 11.7. The molecule has 2 atom stereocenters. The molecule has 7 heteroatoms. The molecule has 0 saturated heterocycles. The van der Waals surface area contributed by atoms with Gasteiger partial charge in [0.05, 0.1) is 6.42 Å². The van der Waals surface area contributed by atoms with E-state index in [-0.39, 0.29) is 6.42 Å². The summed E-state index contributed by atoms with van der Waals surface area (Å²) in [6, 6.07) is 1.93. The molecule has 0 heterocycles. The van der Waals surface area contributed by atoms with Crippen molar-refractivity contribution in [3.63, 3.8) is 0 Å². The van der Waals surface area contributed by atoms with Crippen LogP contribution >= 0.6 is 0 Å². The van der Waals surface area contributed by atoms with Crippen molar-refractivity contribution in [3.05, 3.63) is 34.9 Å². The average Bonchev–Trinajstić information content (AvgIpc) is 2.34. The molecule has 0 saturated carbocycles. The van der Waals surface area contributed by atoms with Gasteiger partial charge < -0.3 is 15.9 Å². The highest BCUT2D eigenvalue weighted by atomic mass is 19.2. The van der Waals surface area contributed by atoms with E-state index < -0.39 is 41.5 Å². The first-order chi connectivity index (χ1) is 9.55. The Morgan fingerprint density at radius 3 is 2.29 bits per heavy atom. The van der Waals surface area contributed by atoms with Crippen molar-refractivity contribution >= 4 is 11.9 Å². The third-order valence-electron chi connectivity index (χ3n) is 3.58. The van der Waals surface area contributed by atoms with Gasteiger partial charge in [0, 0.05) is 5.92 Å². The van der Waals surface area contributed by atoms with E-state index in [2.05, 4.69) is 0 Å². The minimum absolute atomic E-state index is 0.0748. The van der Waals surface area contributed by atoms with Crippen LogP contribution in [0.25, 0.3) is 0 Å². The molecule has 21 heavy (non-hydrogen) atoms. The average molecular weight is 301 g/mol. The third-order valence-corrected chi connectivity index (χ3v) is 3.58. The zero-order valence-electron chi connectivity index (χ0n) is 11.7. The molecule has 0 amide bonds. The molecule has 0 aliphatic heterocycles. The predicted molar refractivity (Wildman–Crippen MR) is 70.8 cm³/mol. The van der Waals surface area contributed by atoms with Gasteiger partial charge in [0.2, 0.25) is 0 Å². The second kappa shape index (κ2) is 6.17. The Kier molecular flexibility index (Phi) is 5.01. The summed E-state index contributed by atoms with van der Waals surface area (Å²) in [5, 5.41) is 18.0. The number of rotatable bonds is 6. The number of carboxylic acids is 2.